The Morgan fingerprint density at radius 2 is 1.04 bits per heavy atom. The Labute approximate surface area is 153 Å². The minimum atomic E-state index is -3.16. The van der Waals surface area contributed by atoms with E-state index in [1.807, 2.05) is 60.7 Å². The minimum Gasteiger partial charge on any atom is -0.496 e. The van der Waals surface area contributed by atoms with Crippen molar-refractivity contribution in [2.45, 2.75) is 0 Å². The summed E-state index contributed by atoms with van der Waals surface area (Å²) in [6, 6.07) is 22.3. The van der Waals surface area contributed by atoms with Gasteiger partial charge in [-0.1, -0.05) is 60.7 Å². The Hall–Kier alpha value is -2.71. The van der Waals surface area contributed by atoms with Crippen LogP contribution >= 0.6 is 7.14 Å². The molecule has 0 bridgehead atoms. The largest absolute Gasteiger partial charge is 0.496 e. The van der Waals surface area contributed by atoms with Gasteiger partial charge in [0.15, 0.2) is 18.6 Å². The number of hydrogen-bond acceptors (Lipinski definition) is 4. The van der Waals surface area contributed by atoms with Gasteiger partial charge >= 0.3 is 0 Å². The first-order chi connectivity index (χ1) is 12.6. The van der Waals surface area contributed by atoms with E-state index in [4.69, 9.17) is 14.2 Å². The third-order valence-electron chi connectivity index (χ3n) is 4.26. The van der Waals surface area contributed by atoms with E-state index >= 15 is 0 Å². The van der Waals surface area contributed by atoms with Crippen molar-refractivity contribution in [1.82, 2.24) is 0 Å². The van der Waals surface area contributed by atoms with Crippen LogP contribution in [0, 0.1) is 0 Å². The highest BCUT2D eigenvalue weighted by atomic mass is 31.2. The first-order valence-electron chi connectivity index (χ1n) is 8.17. The second-order valence-electron chi connectivity index (χ2n) is 5.66. The Kier molecular flexibility index (Phi) is 5.34. The molecule has 4 nitrogen and oxygen atoms in total. The number of benzene rings is 3. The molecule has 0 saturated heterocycles. The van der Waals surface area contributed by atoms with Crippen LogP contribution in [0.1, 0.15) is 0 Å². The van der Waals surface area contributed by atoms with Crippen LogP contribution in [0.2, 0.25) is 0 Å². The minimum absolute atomic E-state index is 0.499. The van der Waals surface area contributed by atoms with Crippen LogP contribution in [0.3, 0.4) is 0 Å². The predicted octanol–water partition coefficient (Wildman–Crippen LogP) is 3.35. The maximum atomic E-state index is 14.5. The normalized spacial score (nSPS) is 11.0. The van der Waals surface area contributed by atoms with Crippen LogP contribution in [0.5, 0.6) is 17.2 Å². The van der Waals surface area contributed by atoms with Gasteiger partial charge in [0.1, 0.15) is 5.75 Å². The van der Waals surface area contributed by atoms with E-state index in [1.165, 1.54) is 0 Å². The molecular formula is C21H21O4P. The van der Waals surface area contributed by atoms with Crippen LogP contribution in [-0.2, 0) is 4.57 Å². The van der Waals surface area contributed by atoms with Crippen molar-refractivity contribution in [1.29, 1.82) is 0 Å². The van der Waals surface area contributed by atoms with Crippen molar-refractivity contribution in [3.63, 3.8) is 0 Å². The molecule has 0 amide bonds. The summed E-state index contributed by atoms with van der Waals surface area (Å²) < 4.78 is 30.9. The van der Waals surface area contributed by atoms with E-state index in [9.17, 15) is 4.57 Å². The summed E-state index contributed by atoms with van der Waals surface area (Å²) in [5.74, 6) is 1.54. The van der Waals surface area contributed by atoms with Crippen LogP contribution in [0.15, 0.2) is 72.8 Å². The molecule has 0 aromatic heterocycles. The fourth-order valence-electron chi connectivity index (χ4n) is 2.96. The van der Waals surface area contributed by atoms with Gasteiger partial charge in [0.25, 0.3) is 0 Å². The molecule has 0 atom stereocenters. The third-order valence-corrected chi connectivity index (χ3v) is 7.34. The molecule has 0 N–H and O–H groups in total. The topological polar surface area (TPSA) is 44.8 Å². The van der Waals surface area contributed by atoms with Crippen LogP contribution in [0.25, 0.3) is 0 Å². The second kappa shape index (κ2) is 7.67. The third kappa shape index (κ3) is 3.09. The van der Waals surface area contributed by atoms with Crippen LogP contribution in [-0.4, -0.2) is 21.3 Å². The maximum Gasteiger partial charge on any atom is 0.174 e. The second-order valence-corrected chi connectivity index (χ2v) is 8.39. The zero-order chi connectivity index (χ0) is 18.6. The summed E-state index contributed by atoms with van der Waals surface area (Å²) in [6.45, 7) is 0. The summed E-state index contributed by atoms with van der Waals surface area (Å²) in [7, 11) is 1.52. The molecule has 0 aliphatic carbocycles. The van der Waals surface area contributed by atoms with Gasteiger partial charge in [-0.15, -0.1) is 0 Å². The predicted molar refractivity (Wildman–Crippen MR) is 105 cm³/mol. The van der Waals surface area contributed by atoms with Crippen molar-refractivity contribution >= 4 is 23.1 Å². The van der Waals surface area contributed by atoms with Gasteiger partial charge in [0.05, 0.1) is 26.6 Å². The summed E-state index contributed by atoms with van der Waals surface area (Å²) in [5.41, 5.74) is 0. The highest BCUT2D eigenvalue weighted by molar-refractivity contribution is 7.85. The molecule has 3 rings (SSSR count). The molecule has 134 valence electrons. The van der Waals surface area contributed by atoms with Crippen molar-refractivity contribution in [3.05, 3.63) is 72.8 Å². The molecular weight excluding hydrogens is 347 g/mol. The average Bonchev–Trinajstić information content (AvgIpc) is 2.73. The van der Waals surface area contributed by atoms with E-state index in [-0.39, 0.29) is 0 Å². The fraction of sp³-hybridized carbons (Fsp3) is 0.143. The van der Waals surface area contributed by atoms with Crippen LogP contribution < -0.4 is 30.1 Å². The monoisotopic (exact) mass is 368 g/mol. The van der Waals surface area contributed by atoms with Gasteiger partial charge < -0.3 is 18.8 Å². The molecule has 0 radical (unpaired) electrons. The van der Waals surface area contributed by atoms with Crippen molar-refractivity contribution in [2.24, 2.45) is 0 Å². The molecule has 26 heavy (non-hydrogen) atoms. The van der Waals surface area contributed by atoms with Crippen molar-refractivity contribution < 1.29 is 18.8 Å². The Bertz CT molecular complexity index is 880. The lowest BCUT2D eigenvalue weighted by Gasteiger charge is -2.23. The molecule has 0 fully saturated rings. The number of rotatable bonds is 6. The Balaban J connectivity index is 2.36. The zero-order valence-electron chi connectivity index (χ0n) is 15.0. The smallest absolute Gasteiger partial charge is 0.174 e. The first-order valence-corrected chi connectivity index (χ1v) is 9.87. The average molecular weight is 368 g/mol. The molecule has 0 aliphatic rings. The zero-order valence-corrected chi connectivity index (χ0v) is 15.9. The number of ether oxygens (including phenoxy) is 3. The van der Waals surface area contributed by atoms with Gasteiger partial charge in [0, 0.05) is 16.7 Å². The molecule has 3 aromatic rings. The fourth-order valence-corrected chi connectivity index (χ4v) is 5.77. The van der Waals surface area contributed by atoms with Crippen molar-refractivity contribution in [2.75, 3.05) is 21.3 Å². The van der Waals surface area contributed by atoms with E-state index in [0.29, 0.717) is 22.6 Å². The molecule has 0 aliphatic heterocycles. The highest BCUT2D eigenvalue weighted by Crippen LogP contribution is 2.47. The molecule has 0 spiro atoms. The lowest BCUT2D eigenvalue weighted by atomic mass is 10.3. The van der Waals surface area contributed by atoms with E-state index in [2.05, 4.69) is 0 Å². The van der Waals surface area contributed by atoms with E-state index < -0.39 is 7.14 Å². The first kappa shape index (κ1) is 18.1. The van der Waals surface area contributed by atoms with Gasteiger partial charge in [-0.2, -0.15) is 0 Å². The summed E-state index contributed by atoms with van der Waals surface area (Å²) in [4.78, 5) is 0. The van der Waals surface area contributed by atoms with Crippen molar-refractivity contribution in [3.8, 4) is 17.2 Å². The van der Waals surface area contributed by atoms with Gasteiger partial charge in [-0.25, -0.2) is 0 Å². The van der Waals surface area contributed by atoms with Gasteiger partial charge in [0.2, 0.25) is 0 Å². The SMILES string of the molecule is COc1cc(OC)c(P(=O)(c2ccccc2)c2ccccc2)cc1OC. The number of methoxy groups -OCH3 is 3. The summed E-state index contributed by atoms with van der Waals surface area (Å²) in [6.07, 6.45) is 0. The summed E-state index contributed by atoms with van der Waals surface area (Å²) >= 11 is 0. The molecule has 5 heteroatoms. The molecule has 0 heterocycles. The quantitative estimate of drug-likeness (QED) is 0.626. The van der Waals surface area contributed by atoms with Crippen LogP contribution in [0.4, 0.5) is 0 Å². The molecule has 3 aromatic carbocycles. The Morgan fingerprint density at radius 1 is 0.615 bits per heavy atom. The highest BCUT2D eigenvalue weighted by Gasteiger charge is 2.34. The van der Waals surface area contributed by atoms with Gasteiger partial charge in [-0.3, -0.25) is 0 Å². The van der Waals surface area contributed by atoms with E-state index in [1.54, 1.807) is 33.5 Å². The van der Waals surface area contributed by atoms with Gasteiger partial charge in [-0.05, 0) is 6.07 Å². The standard InChI is InChI=1S/C21H21O4P/c1-23-18-14-20(25-3)21(15-19(18)24-2)26(22,16-10-6-4-7-11-16)17-12-8-5-9-13-17/h4-15H,1-3H3. The molecule has 0 saturated carbocycles. The summed E-state index contributed by atoms with van der Waals surface area (Å²) in [5, 5.41) is 2.04. The lowest BCUT2D eigenvalue weighted by molar-refractivity contribution is 0.350. The van der Waals surface area contributed by atoms with E-state index in [0.717, 1.165) is 10.6 Å². The Morgan fingerprint density at radius 3 is 1.46 bits per heavy atom. The lowest BCUT2D eigenvalue weighted by Crippen LogP contribution is -2.26. The number of hydrogen-bond donors (Lipinski definition) is 0. The molecule has 0 unspecified atom stereocenters. The maximum absolute atomic E-state index is 14.5.